The number of carbonyl (C=O) groups is 2. The van der Waals surface area contributed by atoms with Crippen LogP contribution in [0.25, 0.3) is 0 Å². The Morgan fingerprint density at radius 3 is 2.09 bits per heavy atom. The summed E-state index contributed by atoms with van der Waals surface area (Å²) in [6, 6.07) is 13.4. The zero-order chi connectivity index (χ0) is 15.2. The average molecular weight is 322 g/mol. The number of hydrogen-bond acceptors (Lipinski definition) is 3. The molecule has 3 N–H and O–H groups in total. The second-order valence-electron chi connectivity index (χ2n) is 4.57. The van der Waals surface area contributed by atoms with Gasteiger partial charge in [-0.3, -0.25) is 0 Å². The molecule has 2 aromatic rings. The summed E-state index contributed by atoms with van der Waals surface area (Å²) in [6.45, 7) is 0.969. The van der Waals surface area contributed by atoms with Gasteiger partial charge < -0.3 is 15.5 Å². The molecular weight excluding hydrogens is 306 g/mol. The summed E-state index contributed by atoms with van der Waals surface area (Å²) in [7, 11) is 0. The second-order valence-corrected chi connectivity index (χ2v) is 4.57. The number of rotatable bonds is 6. The van der Waals surface area contributed by atoms with E-state index in [-0.39, 0.29) is 23.5 Å². The van der Waals surface area contributed by atoms with Crippen molar-refractivity contribution in [3.05, 3.63) is 70.8 Å². The van der Waals surface area contributed by atoms with Gasteiger partial charge in [-0.25, -0.2) is 9.59 Å². The van der Waals surface area contributed by atoms with Crippen molar-refractivity contribution in [3.8, 4) is 0 Å². The van der Waals surface area contributed by atoms with Crippen LogP contribution in [-0.4, -0.2) is 22.2 Å². The number of carboxylic acid groups (broad SMARTS) is 2. The molecule has 0 spiro atoms. The molecule has 0 radical (unpaired) electrons. The Balaban J connectivity index is 0.00000242. The molecule has 0 amide bonds. The van der Waals surface area contributed by atoms with E-state index in [1.54, 1.807) is 48.5 Å². The predicted octanol–water partition coefficient (Wildman–Crippen LogP) is 2.79. The van der Waals surface area contributed by atoms with E-state index in [1.807, 2.05) is 0 Å². The van der Waals surface area contributed by atoms with Gasteiger partial charge in [0.1, 0.15) is 0 Å². The van der Waals surface area contributed by atoms with Crippen LogP contribution in [0.4, 0.5) is 0 Å². The summed E-state index contributed by atoms with van der Waals surface area (Å²) in [5.74, 6) is -1.90. The normalized spacial score (nSPS) is 9.82. The highest BCUT2D eigenvalue weighted by Crippen LogP contribution is 2.09. The predicted molar refractivity (Wildman–Crippen MR) is 84.6 cm³/mol. The first-order valence-corrected chi connectivity index (χ1v) is 6.42. The van der Waals surface area contributed by atoms with Gasteiger partial charge in [-0.1, -0.05) is 30.3 Å². The van der Waals surface area contributed by atoms with E-state index in [1.165, 1.54) is 0 Å². The minimum Gasteiger partial charge on any atom is -0.478 e. The molecule has 22 heavy (non-hydrogen) atoms. The Morgan fingerprint density at radius 1 is 0.864 bits per heavy atom. The lowest BCUT2D eigenvalue weighted by Crippen LogP contribution is -2.15. The van der Waals surface area contributed by atoms with Crippen LogP contribution in [0.3, 0.4) is 0 Å². The summed E-state index contributed by atoms with van der Waals surface area (Å²) in [6.07, 6.45) is 0. The van der Waals surface area contributed by atoms with Crippen molar-refractivity contribution in [1.82, 2.24) is 5.32 Å². The molecule has 116 valence electrons. The first-order valence-electron chi connectivity index (χ1n) is 6.42. The molecule has 0 fully saturated rings. The van der Waals surface area contributed by atoms with E-state index in [0.29, 0.717) is 18.7 Å². The number of hydrogen-bond donors (Lipinski definition) is 3. The Hall–Kier alpha value is -2.37. The van der Waals surface area contributed by atoms with E-state index < -0.39 is 11.9 Å². The zero-order valence-electron chi connectivity index (χ0n) is 11.7. The van der Waals surface area contributed by atoms with Gasteiger partial charge in [-0.15, -0.1) is 12.4 Å². The number of nitrogens with one attached hydrogen (secondary N) is 1. The van der Waals surface area contributed by atoms with Gasteiger partial charge in [-0.05, 0) is 29.3 Å². The summed E-state index contributed by atoms with van der Waals surface area (Å²) in [4.78, 5) is 21.8. The van der Waals surface area contributed by atoms with E-state index in [4.69, 9.17) is 10.2 Å². The van der Waals surface area contributed by atoms with E-state index >= 15 is 0 Å². The SMILES string of the molecule is Cl.O=C(O)c1ccc(CNCc2ccccc2C(=O)O)cc1. The van der Waals surface area contributed by atoms with Gasteiger partial charge in [-0.2, -0.15) is 0 Å². The van der Waals surface area contributed by atoms with Crippen molar-refractivity contribution in [2.24, 2.45) is 0 Å². The van der Waals surface area contributed by atoms with Gasteiger partial charge in [0.05, 0.1) is 11.1 Å². The standard InChI is InChI=1S/C16H15NO4.ClH/c18-15(19)12-7-5-11(6-8-12)9-17-10-13-3-1-2-4-14(13)16(20)21;/h1-8,17H,9-10H2,(H,18,19)(H,20,21);1H. The van der Waals surface area contributed by atoms with E-state index in [0.717, 1.165) is 5.56 Å². The molecule has 0 aromatic heterocycles. The minimum absolute atomic E-state index is 0. The lowest BCUT2D eigenvalue weighted by atomic mass is 10.1. The molecule has 0 aliphatic rings. The number of carboxylic acids is 2. The number of halogens is 1. The highest BCUT2D eigenvalue weighted by atomic mass is 35.5. The summed E-state index contributed by atoms with van der Waals surface area (Å²) < 4.78 is 0. The highest BCUT2D eigenvalue weighted by Gasteiger charge is 2.08. The van der Waals surface area contributed by atoms with Crippen LogP contribution in [0, 0.1) is 0 Å². The molecule has 0 atom stereocenters. The molecule has 0 unspecified atom stereocenters. The fourth-order valence-electron chi connectivity index (χ4n) is 1.99. The van der Waals surface area contributed by atoms with Crippen LogP contribution in [0.2, 0.25) is 0 Å². The van der Waals surface area contributed by atoms with Crippen molar-refractivity contribution < 1.29 is 19.8 Å². The summed E-state index contributed by atoms with van der Waals surface area (Å²) >= 11 is 0. The molecule has 2 rings (SSSR count). The quantitative estimate of drug-likeness (QED) is 0.761. The molecule has 0 aliphatic carbocycles. The Morgan fingerprint density at radius 2 is 1.50 bits per heavy atom. The molecular formula is C16H16ClNO4. The maximum atomic E-state index is 11.1. The number of aromatic carboxylic acids is 2. The lowest BCUT2D eigenvalue weighted by molar-refractivity contribution is 0.0685. The first-order chi connectivity index (χ1) is 10.1. The van der Waals surface area contributed by atoms with Crippen LogP contribution in [0.5, 0.6) is 0 Å². The van der Waals surface area contributed by atoms with Crippen LogP contribution >= 0.6 is 12.4 Å². The fraction of sp³-hybridized carbons (Fsp3) is 0.125. The zero-order valence-corrected chi connectivity index (χ0v) is 12.5. The smallest absolute Gasteiger partial charge is 0.336 e. The van der Waals surface area contributed by atoms with Crippen molar-refractivity contribution in [1.29, 1.82) is 0 Å². The van der Waals surface area contributed by atoms with Crippen molar-refractivity contribution in [3.63, 3.8) is 0 Å². The molecule has 6 heteroatoms. The van der Waals surface area contributed by atoms with Crippen LogP contribution in [0.1, 0.15) is 31.8 Å². The van der Waals surface area contributed by atoms with Crippen LogP contribution < -0.4 is 5.32 Å². The second kappa shape index (κ2) is 8.17. The number of benzene rings is 2. The van der Waals surface area contributed by atoms with Crippen LogP contribution in [-0.2, 0) is 13.1 Å². The largest absolute Gasteiger partial charge is 0.478 e. The first kappa shape index (κ1) is 17.7. The Labute approximate surface area is 134 Å². The molecule has 0 saturated carbocycles. The average Bonchev–Trinajstić information content (AvgIpc) is 2.48. The van der Waals surface area contributed by atoms with Gasteiger partial charge >= 0.3 is 11.9 Å². The van der Waals surface area contributed by atoms with Gasteiger partial charge in [0.15, 0.2) is 0 Å². The van der Waals surface area contributed by atoms with E-state index in [2.05, 4.69) is 5.32 Å². The lowest BCUT2D eigenvalue weighted by Gasteiger charge is -2.08. The van der Waals surface area contributed by atoms with Crippen molar-refractivity contribution in [2.45, 2.75) is 13.1 Å². The monoisotopic (exact) mass is 321 g/mol. The van der Waals surface area contributed by atoms with Gasteiger partial charge in [0.25, 0.3) is 0 Å². The van der Waals surface area contributed by atoms with Crippen LogP contribution in [0.15, 0.2) is 48.5 Å². The maximum absolute atomic E-state index is 11.1. The maximum Gasteiger partial charge on any atom is 0.336 e. The molecule has 2 aromatic carbocycles. The molecule has 0 aliphatic heterocycles. The van der Waals surface area contributed by atoms with Crippen molar-refractivity contribution in [2.75, 3.05) is 0 Å². The minimum atomic E-state index is -0.954. The highest BCUT2D eigenvalue weighted by molar-refractivity contribution is 5.89. The Bertz CT molecular complexity index is 655. The third-order valence-corrected chi connectivity index (χ3v) is 3.09. The van der Waals surface area contributed by atoms with Crippen molar-refractivity contribution >= 4 is 24.3 Å². The summed E-state index contributed by atoms with van der Waals surface area (Å²) in [5, 5.41) is 21.0. The van der Waals surface area contributed by atoms with Gasteiger partial charge in [0, 0.05) is 13.1 Å². The molecule has 0 heterocycles. The summed E-state index contributed by atoms with van der Waals surface area (Å²) in [5.41, 5.74) is 2.18. The fourth-order valence-corrected chi connectivity index (χ4v) is 1.99. The van der Waals surface area contributed by atoms with Gasteiger partial charge in [0.2, 0.25) is 0 Å². The molecule has 0 saturated heterocycles. The molecule has 0 bridgehead atoms. The molecule has 5 nitrogen and oxygen atoms in total. The Kier molecular flexibility index (Phi) is 6.56. The third-order valence-electron chi connectivity index (χ3n) is 3.09. The van der Waals surface area contributed by atoms with E-state index in [9.17, 15) is 9.59 Å². The topological polar surface area (TPSA) is 86.6 Å². The third kappa shape index (κ3) is 4.58.